The smallest absolute Gasteiger partial charge is 0.133 e. The van der Waals surface area contributed by atoms with Crippen molar-refractivity contribution in [3.05, 3.63) is 64.6 Å². The lowest BCUT2D eigenvalue weighted by Crippen LogP contribution is -2.29. The molecular weight excluding hydrogens is 292 g/mol. The lowest BCUT2D eigenvalue weighted by atomic mass is 9.97. The molecule has 1 atom stereocenters. The lowest BCUT2D eigenvalue weighted by molar-refractivity contribution is 0.00736. The van der Waals surface area contributed by atoms with Gasteiger partial charge in [0.25, 0.3) is 0 Å². The number of halogens is 1. The predicted molar refractivity (Wildman–Crippen MR) is 75.6 cm³/mol. The summed E-state index contributed by atoms with van der Waals surface area (Å²) in [4.78, 5) is 0. The molecule has 2 aromatic carbocycles. The lowest BCUT2D eigenvalue weighted by Gasteiger charge is -2.24. The molecule has 0 saturated carbocycles. The molecule has 0 aliphatic carbocycles. The van der Waals surface area contributed by atoms with Gasteiger partial charge in [-0.1, -0.05) is 42.5 Å². The van der Waals surface area contributed by atoms with E-state index in [4.69, 9.17) is 4.74 Å². The van der Waals surface area contributed by atoms with E-state index in [-0.39, 0.29) is 6.61 Å². The predicted octanol–water partition coefficient (Wildman–Crippen LogP) is 3.74. The Labute approximate surface area is 115 Å². The molecule has 0 spiro atoms. The SMILES string of the molecule is CC(O)(COc1ccccc1Br)c1ccccc1. The van der Waals surface area contributed by atoms with Crippen molar-refractivity contribution in [3.63, 3.8) is 0 Å². The van der Waals surface area contributed by atoms with Gasteiger partial charge in [-0.15, -0.1) is 0 Å². The van der Waals surface area contributed by atoms with Crippen LogP contribution in [-0.2, 0) is 5.60 Å². The van der Waals surface area contributed by atoms with Crippen LogP contribution in [0.4, 0.5) is 0 Å². The maximum atomic E-state index is 10.4. The zero-order valence-electron chi connectivity index (χ0n) is 10.1. The van der Waals surface area contributed by atoms with Crippen molar-refractivity contribution in [3.8, 4) is 5.75 Å². The van der Waals surface area contributed by atoms with Gasteiger partial charge in [0.05, 0.1) is 4.47 Å². The Hall–Kier alpha value is -1.32. The van der Waals surface area contributed by atoms with Gasteiger partial charge in [0.2, 0.25) is 0 Å². The molecule has 0 aliphatic rings. The summed E-state index contributed by atoms with van der Waals surface area (Å²) < 4.78 is 6.54. The van der Waals surface area contributed by atoms with E-state index in [0.29, 0.717) is 0 Å². The monoisotopic (exact) mass is 306 g/mol. The van der Waals surface area contributed by atoms with Crippen LogP contribution in [0.3, 0.4) is 0 Å². The highest BCUT2D eigenvalue weighted by molar-refractivity contribution is 9.10. The third-order valence-electron chi connectivity index (χ3n) is 2.74. The first-order valence-electron chi connectivity index (χ1n) is 5.75. The van der Waals surface area contributed by atoms with Crippen molar-refractivity contribution in [2.75, 3.05) is 6.61 Å². The van der Waals surface area contributed by atoms with E-state index in [0.717, 1.165) is 15.8 Å². The Bertz CT molecular complexity index is 509. The molecule has 1 N–H and O–H groups in total. The molecule has 0 heterocycles. The van der Waals surface area contributed by atoms with Crippen molar-refractivity contribution in [1.82, 2.24) is 0 Å². The molecule has 1 unspecified atom stereocenters. The zero-order valence-corrected chi connectivity index (χ0v) is 11.7. The van der Waals surface area contributed by atoms with E-state index in [1.165, 1.54) is 0 Å². The molecule has 0 radical (unpaired) electrons. The minimum atomic E-state index is -1.00. The van der Waals surface area contributed by atoms with Crippen LogP contribution >= 0.6 is 15.9 Å². The van der Waals surface area contributed by atoms with Gasteiger partial charge in [-0.25, -0.2) is 0 Å². The Morgan fingerprint density at radius 1 is 1.06 bits per heavy atom. The molecule has 0 saturated heterocycles. The van der Waals surface area contributed by atoms with Crippen LogP contribution in [0.25, 0.3) is 0 Å². The summed E-state index contributed by atoms with van der Waals surface area (Å²) in [5, 5.41) is 10.4. The fraction of sp³-hybridized carbons (Fsp3) is 0.200. The minimum absolute atomic E-state index is 0.208. The summed E-state index contributed by atoms with van der Waals surface area (Å²) >= 11 is 3.41. The number of hydrogen-bond donors (Lipinski definition) is 1. The number of rotatable bonds is 4. The van der Waals surface area contributed by atoms with Crippen molar-refractivity contribution < 1.29 is 9.84 Å². The third-order valence-corrected chi connectivity index (χ3v) is 3.40. The van der Waals surface area contributed by atoms with Gasteiger partial charge >= 0.3 is 0 Å². The number of para-hydroxylation sites is 1. The Kier molecular flexibility index (Phi) is 4.04. The molecule has 0 fully saturated rings. The molecule has 0 aliphatic heterocycles. The molecule has 3 heteroatoms. The molecule has 2 rings (SSSR count). The first-order chi connectivity index (χ1) is 8.59. The second-order valence-electron chi connectivity index (χ2n) is 4.36. The van der Waals surface area contributed by atoms with Crippen LogP contribution < -0.4 is 4.74 Å². The summed E-state index contributed by atoms with van der Waals surface area (Å²) in [6.07, 6.45) is 0. The van der Waals surface area contributed by atoms with Crippen molar-refractivity contribution >= 4 is 15.9 Å². The van der Waals surface area contributed by atoms with Crippen molar-refractivity contribution in [1.29, 1.82) is 0 Å². The highest BCUT2D eigenvalue weighted by atomic mass is 79.9. The topological polar surface area (TPSA) is 29.5 Å². The Morgan fingerprint density at radius 3 is 2.33 bits per heavy atom. The van der Waals surface area contributed by atoms with E-state index < -0.39 is 5.60 Å². The van der Waals surface area contributed by atoms with Gasteiger partial charge in [-0.05, 0) is 40.5 Å². The average Bonchev–Trinajstić information content (AvgIpc) is 2.39. The molecule has 2 nitrogen and oxygen atoms in total. The minimum Gasteiger partial charge on any atom is -0.489 e. The van der Waals surface area contributed by atoms with Crippen LogP contribution in [0, 0.1) is 0 Å². The second kappa shape index (κ2) is 5.55. The normalized spacial score (nSPS) is 13.9. The Balaban J connectivity index is 2.08. The largest absolute Gasteiger partial charge is 0.489 e. The summed E-state index contributed by atoms with van der Waals surface area (Å²) in [6, 6.07) is 17.1. The van der Waals surface area contributed by atoms with Gasteiger partial charge in [0, 0.05) is 0 Å². The number of aliphatic hydroxyl groups is 1. The second-order valence-corrected chi connectivity index (χ2v) is 5.21. The Morgan fingerprint density at radius 2 is 1.67 bits per heavy atom. The highest BCUT2D eigenvalue weighted by Crippen LogP contribution is 2.27. The molecule has 0 aromatic heterocycles. The maximum Gasteiger partial charge on any atom is 0.133 e. The first kappa shape index (κ1) is 13.1. The van der Waals surface area contributed by atoms with Crippen molar-refractivity contribution in [2.24, 2.45) is 0 Å². The van der Waals surface area contributed by atoms with Crippen LogP contribution in [0.15, 0.2) is 59.1 Å². The van der Waals surface area contributed by atoms with Crippen LogP contribution in [0.2, 0.25) is 0 Å². The molecule has 94 valence electrons. The molecule has 2 aromatic rings. The average molecular weight is 307 g/mol. The van der Waals surface area contributed by atoms with Gasteiger partial charge in [-0.3, -0.25) is 0 Å². The van der Waals surface area contributed by atoms with Crippen LogP contribution in [-0.4, -0.2) is 11.7 Å². The summed E-state index contributed by atoms with van der Waals surface area (Å²) in [5.74, 6) is 0.730. The molecular formula is C15H15BrO2. The van der Waals surface area contributed by atoms with Crippen LogP contribution in [0.5, 0.6) is 5.75 Å². The van der Waals surface area contributed by atoms with E-state index in [2.05, 4.69) is 15.9 Å². The maximum absolute atomic E-state index is 10.4. The van der Waals surface area contributed by atoms with Gasteiger partial charge in [0.1, 0.15) is 18.0 Å². The van der Waals surface area contributed by atoms with Gasteiger partial charge in [0.15, 0.2) is 0 Å². The fourth-order valence-corrected chi connectivity index (χ4v) is 2.06. The van der Waals surface area contributed by atoms with Crippen molar-refractivity contribution in [2.45, 2.75) is 12.5 Å². The first-order valence-corrected chi connectivity index (χ1v) is 6.54. The summed E-state index contributed by atoms with van der Waals surface area (Å²) in [6.45, 7) is 1.96. The van der Waals surface area contributed by atoms with E-state index in [9.17, 15) is 5.11 Å². The zero-order chi connectivity index (χ0) is 13.0. The summed E-state index contributed by atoms with van der Waals surface area (Å²) in [7, 11) is 0. The fourth-order valence-electron chi connectivity index (χ4n) is 1.66. The third kappa shape index (κ3) is 3.12. The number of ether oxygens (including phenoxy) is 1. The van der Waals surface area contributed by atoms with Gasteiger partial charge in [-0.2, -0.15) is 0 Å². The van der Waals surface area contributed by atoms with E-state index in [1.807, 2.05) is 54.6 Å². The highest BCUT2D eigenvalue weighted by Gasteiger charge is 2.24. The summed E-state index contributed by atoms with van der Waals surface area (Å²) in [5.41, 5.74) is -0.159. The van der Waals surface area contributed by atoms with E-state index in [1.54, 1.807) is 6.92 Å². The van der Waals surface area contributed by atoms with E-state index >= 15 is 0 Å². The molecule has 0 amide bonds. The number of hydrogen-bond acceptors (Lipinski definition) is 2. The van der Waals surface area contributed by atoms with Gasteiger partial charge < -0.3 is 9.84 Å². The van der Waals surface area contributed by atoms with Crippen LogP contribution in [0.1, 0.15) is 12.5 Å². The standard InChI is InChI=1S/C15H15BrO2/c1-15(17,12-7-3-2-4-8-12)11-18-14-10-6-5-9-13(14)16/h2-10,17H,11H2,1H3. The number of benzene rings is 2. The molecule has 0 bridgehead atoms. The molecule has 18 heavy (non-hydrogen) atoms. The quantitative estimate of drug-likeness (QED) is 0.932.